The van der Waals surface area contributed by atoms with Crippen LogP contribution >= 0.6 is 0 Å². The maximum Gasteiger partial charge on any atom is 0.164 e. The number of aromatic amines is 1. The van der Waals surface area contributed by atoms with Gasteiger partial charge < -0.3 is 11.1 Å². The third-order valence-electron chi connectivity index (χ3n) is 3.18. The number of nitrogens with zero attached hydrogens (tertiary/aromatic N) is 2. The van der Waals surface area contributed by atoms with E-state index in [0.717, 1.165) is 33.6 Å². The van der Waals surface area contributed by atoms with Crippen LogP contribution in [0.25, 0.3) is 17.0 Å². The Labute approximate surface area is 114 Å². The van der Waals surface area contributed by atoms with Gasteiger partial charge in [0.25, 0.3) is 0 Å². The molecule has 6 heteroatoms. The first-order chi connectivity index (χ1) is 9.26. The minimum atomic E-state index is 0.425. The van der Waals surface area contributed by atoms with Gasteiger partial charge in [-0.25, -0.2) is 9.50 Å². The SMILES string of the molecule is [CH2-][NH2+]c1c(CN)c2nc(-c3ccccc3)[nH]n2c1[Si]. The van der Waals surface area contributed by atoms with Crippen molar-refractivity contribution in [3.8, 4) is 11.4 Å². The Bertz CT molecular complexity index is 714. The number of fused-ring (bicyclic) bond motifs is 1. The molecular weight excluding hydrogens is 254 g/mol. The van der Waals surface area contributed by atoms with Crippen LogP contribution in [-0.2, 0) is 6.54 Å². The average molecular weight is 268 g/mol. The molecule has 0 atom stereocenters. The first-order valence-electron chi connectivity index (χ1n) is 5.99. The zero-order valence-corrected chi connectivity index (χ0v) is 11.4. The van der Waals surface area contributed by atoms with Crippen LogP contribution in [0.15, 0.2) is 30.3 Å². The van der Waals surface area contributed by atoms with E-state index in [-0.39, 0.29) is 0 Å². The van der Waals surface area contributed by atoms with Crippen molar-refractivity contribution in [2.75, 3.05) is 0 Å². The summed E-state index contributed by atoms with van der Waals surface area (Å²) >= 11 is 0. The molecular formula is C13H14N5Si. The molecule has 3 radical (unpaired) electrons. The van der Waals surface area contributed by atoms with Gasteiger partial charge in [0.15, 0.2) is 11.5 Å². The third kappa shape index (κ3) is 1.81. The molecule has 3 aromatic rings. The van der Waals surface area contributed by atoms with E-state index in [9.17, 15) is 0 Å². The van der Waals surface area contributed by atoms with E-state index in [1.54, 1.807) is 5.32 Å². The number of aromatic nitrogens is 3. The number of H-pyrrole nitrogens is 1. The zero-order valence-electron chi connectivity index (χ0n) is 10.4. The van der Waals surface area contributed by atoms with E-state index in [2.05, 4.69) is 27.4 Å². The Balaban J connectivity index is 2.23. The highest BCUT2D eigenvalue weighted by Gasteiger charge is 2.19. The fraction of sp³-hybridized carbons (Fsp3) is 0.0769. The van der Waals surface area contributed by atoms with E-state index in [0.29, 0.717) is 6.54 Å². The number of quaternary nitrogens is 1. The summed E-state index contributed by atoms with van der Waals surface area (Å²) in [6.45, 7) is 0.425. The second kappa shape index (κ2) is 4.65. The Morgan fingerprint density at radius 1 is 1.37 bits per heavy atom. The number of hydrogen-bond donors (Lipinski definition) is 3. The van der Waals surface area contributed by atoms with Crippen LogP contribution in [0, 0.1) is 7.05 Å². The van der Waals surface area contributed by atoms with Crippen molar-refractivity contribution in [2.24, 2.45) is 5.73 Å². The minimum Gasteiger partial charge on any atom is -0.444 e. The van der Waals surface area contributed by atoms with Gasteiger partial charge in [0, 0.05) is 12.1 Å². The molecule has 3 rings (SSSR count). The van der Waals surface area contributed by atoms with Gasteiger partial charge in [-0.05, 0) is 0 Å². The van der Waals surface area contributed by atoms with E-state index in [4.69, 9.17) is 5.73 Å². The summed E-state index contributed by atoms with van der Waals surface area (Å²) in [5, 5.41) is 5.94. The average Bonchev–Trinajstić information content (AvgIpc) is 2.98. The molecule has 5 N–H and O–H groups in total. The highest BCUT2D eigenvalue weighted by molar-refractivity contribution is 6.34. The minimum absolute atomic E-state index is 0.425. The van der Waals surface area contributed by atoms with Gasteiger partial charge in [-0.1, -0.05) is 30.3 Å². The van der Waals surface area contributed by atoms with Crippen LogP contribution in [0.5, 0.6) is 0 Å². The molecule has 2 aromatic heterocycles. The summed E-state index contributed by atoms with van der Waals surface area (Å²) in [5.41, 5.74) is 9.66. The van der Waals surface area contributed by atoms with Crippen LogP contribution in [0.3, 0.4) is 0 Å². The molecule has 0 bridgehead atoms. The summed E-state index contributed by atoms with van der Waals surface area (Å²) < 4.78 is 1.89. The lowest BCUT2D eigenvalue weighted by Gasteiger charge is -2.01. The van der Waals surface area contributed by atoms with E-state index in [1.165, 1.54) is 0 Å². The molecule has 0 aliphatic heterocycles. The number of hydrogen-bond acceptors (Lipinski definition) is 2. The summed E-state index contributed by atoms with van der Waals surface area (Å²) in [5.74, 6) is 0.820. The molecule has 2 heterocycles. The predicted molar refractivity (Wildman–Crippen MR) is 75.2 cm³/mol. The van der Waals surface area contributed by atoms with Crippen LogP contribution in [0.4, 0.5) is 5.69 Å². The molecule has 0 saturated heterocycles. The van der Waals surface area contributed by atoms with Crippen molar-refractivity contribution >= 4 is 26.9 Å². The normalized spacial score (nSPS) is 11.3. The fourth-order valence-electron chi connectivity index (χ4n) is 2.23. The third-order valence-corrected chi connectivity index (χ3v) is 3.67. The first-order valence-corrected chi connectivity index (χ1v) is 6.49. The van der Waals surface area contributed by atoms with Crippen molar-refractivity contribution in [1.82, 2.24) is 14.6 Å². The maximum absolute atomic E-state index is 5.82. The second-order valence-corrected chi connectivity index (χ2v) is 4.72. The van der Waals surface area contributed by atoms with Gasteiger partial charge in [-0.15, -0.1) is 7.05 Å². The highest BCUT2D eigenvalue weighted by Crippen LogP contribution is 2.20. The van der Waals surface area contributed by atoms with Gasteiger partial charge in [0.2, 0.25) is 0 Å². The smallest absolute Gasteiger partial charge is 0.164 e. The predicted octanol–water partition coefficient (Wildman–Crippen LogP) is -0.432. The lowest BCUT2D eigenvalue weighted by atomic mass is 10.2. The summed E-state index contributed by atoms with van der Waals surface area (Å²) in [7, 11) is 7.42. The monoisotopic (exact) mass is 268 g/mol. The lowest BCUT2D eigenvalue weighted by molar-refractivity contribution is -0.504. The van der Waals surface area contributed by atoms with Gasteiger partial charge in [0.05, 0.1) is 10.9 Å². The molecule has 95 valence electrons. The van der Waals surface area contributed by atoms with Crippen LogP contribution in [0.2, 0.25) is 0 Å². The molecule has 1 aromatic carbocycles. The van der Waals surface area contributed by atoms with E-state index < -0.39 is 0 Å². The number of benzene rings is 1. The van der Waals surface area contributed by atoms with Crippen molar-refractivity contribution in [3.05, 3.63) is 42.9 Å². The summed E-state index contributed by atoms with van der Waals surface area (Å²) in [6, 6.07) is 9.99. The Hall–Kier alpha value is -1.89. The summed E-state index contributed by atoms with van der Waals surface area (Å²) in [6.07, 6.45) is 0. The van der Waals surface area contributed by atoms with Gasteiger partial charge >= 0.3 is 0 Å². The molecule has 0 saturated carbocycles. The molecule has 0 aliphatic rings. The topological polar surface area (TPSA) is 75.7 Å². The van der Waals surface area contributed by atoms with Crippen LogP contribution < -0.4 is 16.4 Å². The van der Waals surface area contributed by atoms with Gasteiger partial charge in [-0.2, -0.15) is 0 Å². The first kappa shape index (κ1) is 12.2. The number of nitrogens with one attached hydrogen (secondary N) is 1. The molecule has 19 heavy (non-hydrogen) atoms. The van der Waals surface area contributed by atoms with Crippen molar-refractivity contribution in [2.45, 2.75) is 6.54 Å². The second-order valence-electron chi connectivity index (χ2n) is 4.25. The van der Waals surface area contributed by atoms with E-state index >= 15 is 0 Å². The Morgan fingerprint density at radius 3 is 2.74 bits per heavy atom. The molecule has 0 spiro atoms. The summed E-state index contributed by atoms with van der Waals surface area (Å²) in [4.78, 5) is 4.63. The lowest BCUT2D eigenvalue weighted by Crippen LogP contribution is -2.72. The number of nitrogens with two attached hydrogens (primary N) is 2. The molecule has 0 unspecified atom stereocenters. The molecule has 0 amide bonds. The van der Waals surface area contributed by atoms with E-state index in [1.807, 2.05) is 34.8 Å². The largest absolute Gasteiger partial charge is 0.444 e. The van der Waals surface area contributed by atoms with Crippen LogP contribution in [0.1, 0.15) is 5.56 Å². The van der Waals surface area contributed by atoms with Crippen molar-refractivity contribution in [3.63, 3.8) is 0 Å². The highest BCUT2D eigenvalue weighted by atomic mass is 28.1. The quantitative estimate of drug-likeness (QED) is 0.445. The maximum atomic E-state index is 5.82. The molecule has 5 nitrogen and oxygen atoms in total. The number of rotatable bonds is 3. The Kier molecular flexibility index (Phi) is 2.98. The Morgan fingerprint density at radius 2 is 2.11 bits per heavy atom. The zero-order chi connectivity index (χ0) is 13.4. The fourth-order valence-corrected chi connectivity index (χ4v) is 2.65. The van der Waals surface area contributed by atoms with Crippen molar-refractivity contribution in [1.29, 1.82) is 0 Å². The standard InChI is InChI=1S/C13H14N5Si/c1-15-10-9(7-14)12-16-11(17-18(12)13(10)19)8-5-3-2-4-6-8/h2-6H,1,7,14-15H2,(H,16,17). The van der Waals surface area contributed by atoms with Crippen molar-refractivity contribution < 1.29 is 5.32 Å². The molecule has 0 aliphatic carbocycles. The van der Waals surface area contributed by atoms with Gasteiger partial charge in [-0.3, -0.25) is 5.10 Å². The van der Waals surface area contributed by atoms with Crippen LogP contribution in [-0.4, -0.2) is 24.8 Å². The van der Waals surface area contributed by atoms with Gasteiger partial charge in [0.1, 0.15) is 15.9 Å². The molecule has 0 fully saturated rings.